The van der Waals surface area contributed by atoms with Crippen LogP contribution in [0, 0.1) is 0 Å². The molecule has 1 unspecified atom stereocenters. The summed E-state index contributed by atoms with van der Waals surface area (Å²) in [5, 5.41) is 3.41. The molecule has 0 spiro atoms. The molecule has 0 radical (unpaired) electrons. The quantitative estimate of drug-likeness (QED) is 0.909. The molecule has 1 N–H and O–H groups in total. The Morgan fingerprint density at radius 3 is 2.67 bits per heavy atom. The van der Waals surface area contributed by atoms with E-state index < -0.39 is 9.84 Å². The molecule has 1 aromatic rings. The molecule has 2 aliphatic heterocycles. The summed E-state index contributed by atoms with van der Waals surface area (Å²) in [7, 11) is -1.26. The molecule has 2 saturated heterocycles. The van der Waals surface area contributed by atoms with Crippen LogP contribution < -0.4 is 14.8 Å². The number of ether oxygens (including phenoxy) is 2. The van der Waals surface area contributed by atoms with E-state index in [1.54, 1.807) is 7.11 Å². The van der Waals surface area contributed by atoms with Gasteiger partial charge in [0.2, 0.25) is 0 Å². The van der Waals surface area contributed by atoms with E-state index in [2.05, 4.69) is 11.4 Å². The van der Waals surface area contributed by atoms with Crippen LogP contribution in [0.5, 0.6) is 11.5 Å². The lowest BCUT2D eigenvalue weighted by Crippen LogP contribution is -2.45. The van der Waals surface area contributed by atoms with Crippen molar-refractivity contribution in [2.75, 3.05) is 31.7 Å². The SMILES string of the molecule is COc1cc(C2CCCNC2)ccc1OC1CS(=O)(=O)C1. The lowest BCUT2D eigenvalue weighted by Gasteiger charge is -2.28. The summed E-state index contributed by atoms with van der Waals surface area (Å²) in [5.74, 6) is 2.02. The van der Waals surface area contributed by atoms with Crippen molar-refractivity contribution in [1.29, 1.82) is 0 Å². The van der Waals surface area contributed by atoms with Gasteiger partial charge in [0.25, 0.3) is 0 Å². The maximum Gasteiger partial charge on any atom is 0.161 e. The van der Waals surface area contributed by atoms with E-state index in [9.17, 15) is 8.42 Å². The molecule has 1 aromatic carbocycles. The number of methoxy groups -OCH3 is 1. The van der Waals surface area contributed by atoms with Crippen LogP contribution in [-0.2, 0) is 9.84 Å². The summed E-state index contributed by atoms with van der Waals surface area (Å²) in [6.07, 6.45) is 2.12. The normalized spacial score (nSPS) is 25.1. The van der Waals surface area contributed by atoms with Crippen molar-refractivity contribution in [3.05, 3.63) is 23.8 Å². The zero-order chi connectivity index (χ0) is 14.9. The molecular formula is C15H21NO4S. The third kappa shape index (κ3) is 3.32. The van der Waals surface area contributed by atoms with Crippen molar-refractivity contribution in [1.82, 2.24) is 5.32 Å². The molecule has 1 atom stereocenters. The van der Waals surface area contributed by atoms with Gasteiger partial charge in [-0.2, -0.15) is 0 Å². The largest absolute Gasteiger partial charge is 0.493 e. The van der Waals surface area contributed by atoms with E-state index in [0.717, 1.165) is 13.1 Å². The van der Waals surface area contributed by atoms with Crippen LogP contribution >= 0.6 is 0 Å². The Balaban J connectivity index is 1.72. The zero-order valence-electron chi connectivity index (χ0n) is 12.2. The molecule has 116 valence electrons. The summed E-state index contributed by atoms with van der Waals surface area (Å²) in [4.78, 5) is 0. The van der Waals surface area contributed by atoms with E-state index >= 15 is 0 Å². The molecule has 0 aliphatic carbocycles. The van der Waals surface area contributed by atoms with Gasteiger partial charge in [0.1, 0.15) is 6.10 Å². The Hall–Kier alpha value is -1.27. The number of rotatable bonds is 4. The number of benzene rings is 1. The standard InChI is InChI=1S/C15H21NO4S/c1-19-15-7-11(12-3-2-6-16-8-12)4-5-14(15)20-13-9-21(17,18)10-13/h4-5,7,12-13,16H,2-3,6,8-10H2,1H3. The van der Waals surface area contributed by atoms with Crippen molar-refractivity contribution >= 4 is 9.84 Å². The van der Waals surface area contributed by atoms with E-state index in [4.69, 9.17) is 9.47 Å². The Bertz CT molecular complexity index is 596. The molecule has 2 fully saturated rings. The monoisotopic (exact) mass is 311 g/mol. The van der Waals surface area contributed by atoms with Crippen LogP contribution in [-0.4, -0.2) is 46.2 Å². The second kappa shape index (κ2) is 5.85. The molecule has 2 heterocycles. The van der Waals surface area contributed by atoms with Crippen molar-refractivity contribution in [3.63, 3.8) is 0 Å². The predicted octanol–water partition coefficient (Wildman–Crippen LogP) is 1.34. The number of nitrogens with one attached hydrogen (secondary N) is 1. The highest BCUT2D eigenvalue weighted by Crippen LogP contribution is 2.34. The third-order valence-corrected chi connectivity index (χ3v) is 5.89. The van der Waals surface area contributed by atoms with Crippen molar-refractivity contribution in [2.24, 2.45) is 0 Å². The number of hydrogen-bond acceptors (Lipinski definition) is 5. The van der Waals surface area contributed by atoms with E-state index in [1.807, 2.05) is 12.1 Å². The molecule has 5 nitrogen and oxygen atoms in total. The van der Waals surface area contributed by atoms with Crippen molar-refractivity contribution in [3.8, 4) is 11.5 Å². The lowest BCUT2D eigenvalue weighted by atomic mass is 9.91. The summed E-state index contributed by atoms with van der Waals surface area (Å²) in [6.45, 7) is 2.08. The smallest absolute Gasteiger partial charge is 0.161 e. The van der Waals surface area contributed by atoms with Gasteiger partial charge >= 0.3 is 0 Å². The average molecular weight is 311 g/mol. The molecule has 3 rings (SSSR count). The number of piperidine rings is 1. The van der Waals surface area contributed by atoms with Crippen LogP contribution in [0.4, 0.5) is 0 Å². The van der Waals surface area contributed by atoms with E-state index in [1.165, 1.54) is 18.4 Å². The molecule has 0 amide bonds. The van der Waals surface area contributed by atoms with Gasteiger partial charge in [0.15, 0.2) is 21.3 Å². The first-order valence-corrected chi connectivity index (χ1v) is 9.15. The zero-order valence-corrected chi connectivity index (χ0v) is 13.0. The maximum atomic E-state index is 11.2. The van der Waals surface area contributed by atoms with Gasteiger partial charge in [-0.1, -0.05) is 6.07 Å². The highest BCUT2D eigenvalue weighted by molar-refractivity contribution is 7.92. The molecular weight excluding hydrogens is 290 g/mol. The summed E-state index contributed by atoms with van der Waals surface area (Å²) < 4.78 is 33.5. The first-order valence-electron chi connectivity index (χ1n) is 7.33. The maximum absolute atomic E-state index is 11.2. The van der Waals surface area contributed by atoms with Gasteiger partial charge in [0.05, 0.1) is 18.6 Å². The minimum atomic E-state index is -2.87. The predicted molar refractivity (Wildman–Crippen MR) is 80.9 cm³/mol. The van der Waals surface area contributed by atoms with Gasteiger partial charge in [-0.15, -0.1) is 0 Å². The number of hydrogen-bond donors (Lipinski definition) is 1. The molecule has 21 heavy (non-hydrogen) atoms. The van der Waals surface area contributed by atoms with Gasteiger partial charge < -0.3 is 14.8 Å². The van der Waals surface area contributed by atoms with Gasteiger partial charge in [-0.05, 0) is 43.0 Å². The Morgan fingerprint density at radius 2 is 2.05 bits per heavy atom. The summed E-state index contributed by atoms with van der Waals surface area (Å²) in [6, 6.07) is 5.97. The molecule has 2 aliphatic rings. The van der Waals surface area contributed by atoms with Crippen molar-refractivity contribution < 1.29 is 17.9 Å². The Morgan fingerprint density at radius 1 is 1.24 bits per heavy atom. The molecule has 0 bridgehead atoms. The van der Waals surface area contributed by atoms with Crippen LogP contribution in [0.2, 0.25) is 0 Å². The van der Waals surface area contributed by atoms with Crippen molar-refractivity contribution in [2.45, 2.75) is 24.9 Å². The Kier molecular flexibility index (Phi) is 4.08. The van der Waals surface area contributed by atoms with Crippen LogP contribution in [0.15, 0.2) is 18.2 Å². The highest BCUT2D eigenvalue weighted by atomic mass is 32.2. The first-order chi connectivity index (χ1) is 10.1. The second-order valence-electron chi connectivity index (χ2n) is 5.77. The van der Waals surface area contributed by atoms with Gasteiger partial charge in [-0.3, -0.25) is 0 Å². The fourth-order valence-corrected chi connectivity index (χ4v) is 4.11. The topological polar surface area (TPSA) is 64.6 Å². The van der Waals surface area contributed by atoms with Gasteiger partial charge in [0, 0.05) is 6.54 Å². The second-order valence-corrected chi connectivity index (χ2v) is 7.92. The third-order valence-electron chi connectivity index (χ3n) is 4.13. The highest BCUT2D eigenvalue weighted by Gasteiger charge is 2.35. The molecule has 0 saturated carbocycles. The summed E-state index contributed by atoms with van der Waals surface area (Å²) in [5.41, 5.74) is 1.24. The minimum absolute atomic E-state index is 0.102. The molecule has 0 aromatic heterocycles. The van der Waals surface area contributed by atoms with Crippen LogP contribution in [0.25, 0.3) is 0 Å². The Labute approximate surface area is 125 Å². The van der Waals surface area contributed by atoms with E-state index in [0.29, 0.717) is 17.4 Å². The van der Waals surface area contributed by atoms with Gasteiger partial charge in [-0.25, -0.2) is 8.42 Å². The minimum Gasteiger partial charge on any atom is -0.493 e. The number of sulfone groups is 1. The summed E-state index contributed by atoms with van der Waals surface area (Å²) >= 11 is 0. The van der Waals surface area contributed by atoms with Crippen LogP contribution in [0.3, 0.4) is 0 Å². The lowest BCUT2D eigenvalue weighted by molar-refractivity contribution is 0.219. The average Bonchev–Trinajstić information content (AvgIpc) is 2.46. The molecule has 6 heteroatoms. The van der Waals surface area contributed by atoms with E-state index in [-0.39, 0.29) is 17.6 Å². The fourth-order valence-electron chi connectivity index (χ4n) is 2.94. The fraction of sp³-hybridized carbons (Fsp3) is 0.600. The van der Waals surface area contributed by atoms with Crippen LogP contribution in [0.1, 0.15) is 24.3 Å². The first kappa shape index (κ1) is 14.7.